The van der Waals surface area contributed by atoms with Crippen LogP contribution in [-0.4, -0.2) is 23.0 Å². The Labute approximate surface area is 120 Å². The van der Waals surface area contributed by atoms with Crippen LogP contribution in [0.15, 0.2) is 18.2 Å². The van der Waals surface area contributed by atoms with Crippen molar-refractivity contribution in [3.8, 4) is 0 Å². The highest BCUT2D eigenvalue weighted by Crippen LogP contribution is 2.29. The molecule has 2 heterocycles. The van der Waals surface area contributed by atoms with Gasteiger partial charge in [-0.05, 0) is 48.5 Å². The molecule has 0 saturated carbocycles. The van der Waals surface area contributed by atoms with Crippen molar-refractivity contribution in [2.45, 2.75) is 12.8 Å². The van der Waals surface area contributed by atoms with Gasteiger partial charge < -0.3 is 5.32 Å². The molecule has 1 aliphatic rings. The van der Waals surface area contributed by atoms with Crippen LogP contribution in [0, 0.1) is 5.92 Å². The van der Waals surface area contributed by atoms with Crippen LogP contribution >= 0.6 is 34.7 Å². The first-order valence-corrected chi connectivity index (χ1v) is 8.54. The van der Waals surface area contributed by atoms with E-state index >= 15 is 0 Å². The molecule has 0 spiro atoms. The van der Waals surface area contributed by atoms with Crippen molar-refractivity contribution < 1.29 is 0 Å². The minimum absolute atomic E-state index is 0.753. The Morgan fingerprint density at radius 3 is 3.00 bits per heavy atom. The van der Waals surface area contributed by atoms with E-state index in [-0.39, 0.29) is 0 Å². The van der Waals surface area contributed by atoms with Crippen LogP contribution in [0.2, 0.25) is 5.02 Å². The molecule has 3 rings (SSSR count). The van der Waals surface area contributed by atoms with E-state index in [0.29, 0.717) is 0 Å². The number of hydrogen-bond acceptors (Lipinski definition) is 4. The second-order valence-electron chi connectivity index (χ2n) is 4.57. The van der Waals surface area contributed by atoms with Crippen molar-refractivity contribution in [1.29, 1.82) is 0 Å². The Bertz CT molecular complexity index is 535. The molecule has 1 aromatic carbocycles. The van der Waals surface area contributed by atoms with Gasteiger partial charge in [-0.25, -0.2) is 4.98 Å². The Hall–Kier alpha value is -0.450. The largest absolute Gasteiger partial charge is 0.361 e. The molecule has 96 valence electrons. The minimum atomic E-state index is 0.753. The van der Waals surface area contributed by atoms with Gasteiger partial charge in [0, 0.05) is 11.6 Å². The van der Waals surface area contributed by atoms with Crippen LogP contribution < -0.4 is 5.32 Å². The zero-order valence-electron chi connectivity index (χ0n) is 9.99. The Kier molecular flexibility index (Phi) is 3.97. The molecule has 0 amide bonds. The molecule has 2 aromatic rings. The van der Waals surface area contributed by atoms with Crippen molar-refractivity contribution in [2.24, 2.45) is 5.92 Å². The van der Waals surface area contributed by atoms with Crippen molar-refractivity contribution in [3.63, 3.8) is 0 Å². The number of rotatable bonds is 3. The van der Waals surface area contributed by atoms with Gasteiger partial charge in [0.25, 0.3) is 0 Å². The fraction of sp³-hybridized carbons (Fsp3) is 0.462. The first-order chi connectivity index (χ1) is 8.81. The lowest BCUT2D eigenvalue weighted by atomic mass is 10.0. The standard InChI is InChI=1S/C13H15ClN2S2/c14-10-1-2-12-11(7-10)16-13(18-12)15-8-9-3-5-17-6-4-9/h1-2,7,9H,3-6,8H2,(H,15,16). The molecule has 1 N–H and O–H groups in total. The predicted octanol–water partition coefficient (Wildman–Crippen LogP) is 4.50. The van der Waals surface area contributed by atoms with E-state index < -0.39 is 0 Å². The second kappa shape index (κ2) is 5.68. The molecule has 0 bridgehead atoms. The van der Waals surface area contributed by atoms with E-state index in [1.807, 2.05) is 18.2 Å². The van der Waals surface area contributed by atoms with Crippen LogP contribution in [-0.2, 0) is 0 Å². The number of anilines is 1. The molecule has 18 heavy (non-hydrogen) atoms. The van der Waals surface area contributed by atoms with E-state index in [9.17, 15) is 0 Å². The number of halogens is 1. The Morgan fingerprint density at radius 2 is 2.17 bits per heavy atom. The molecule has 5 heteroatoms. The average Bonchev–Trinajstić information content (AvgIpc) is 2.79. The maximum absolute atomic E-state index is 5.97. The molecule has 1 aromatic heterocycles. The monoisotopic (exact) mass is 298 g/mol. The lowest BCUT2D eigenvalue weighted by Gasteiger charge is -2.21. The molecule has 0 radical (unpaired) electrons. The summed E-state index contributed by atoms with van der Waals surface area (Å²) in [5.41, 5.74) is 0.995. The zero-order chi connectivity index (χ0) is 12.4. The summed E-state index contributed by atoms with van der Waals surface area (Å²) in [5.74, 6) is 3.42. The highest BCUT2D eigenvalue weighted by atomic mass is 35.5. The topological polar surface area (TPSA) is 24.9 Å². The van der Waals surface area contributed by atoms with Gasteiger partial charge >= 0.3 is 0 Å². The van der Waals surface area contributed by atoms with Crippen molar-refractivity contribution in [1.82, 2.24) is 4.98 Å². The zero-order valence-corrected chi connectivity index (χ0v) is 12.4. The summed E-state index contributed by atoms with van der Waals surface area (Å²) >= 11 is 9.75. The summed E-state index contributed by atoms with van der Waals surface area (Å²) in [6.45, 7) is 1.05. The molecule has 2 nitrogen and oxygen atoms in total. The molecule has 1 saturated heterocycles. The van der Waals surface area contributed by atoms with E-state index in [4.69, 9.17) is 11.6 Å². The van der Waals surface area contributed by atoms with Crippen LogP contribution in [0.3, 0.4) is 0 Å². The van der Waals surface area contributed by atoms with Gasteiger partial charge in [0.15, 0.2) is 5.13 Å². The molecular weight excluding hydrogens is 284 g/mol. The first kappa shape index (κ1) is 12.6. The third-order valence-electron chi connectivity index (χ3n) is 3.23. The van der Waals surface area contributed by atoms with Crippen molar-refractivity contribution in [3.05, 3.63) is 23.2 Å². The SMILES string of the molecule is Clc1ccc2sc(NCC3CCSCC3)nc2c1. The molecule has 1 fully saturated rings. The number of thioether (sulfide) groups is 1. The second-order valence-corrected chi connectivity index (χ2v) is 7.26. The van der Waals surface area contributed by atoms with Crippen molar-refractivity contribution in [2.75, 3.05) is 23.4 Å². The first-order valence-electron chi connectivity index (χ1n) is 6.19. The third kappa shape index (κ3) is 2.92. The van der Waals surface area contributed by atoms with Gasteiger partial charge in [-0.3, -0.25) is 0 Å². The fourth-order valence-electron chi connectivity index (χ4n) is 2.16. The summed E-state index contributed by atoms with van der Waals surface area (Å²) in [4.78, 5) is 4.58. The summed E-state index contributed by atoms with van der Waals surface area (Å²) in [7, 11) is 0. The molecule has 0 unspecified atom stereocenters. The minimum Gasteiger partial charge on any atom is -0.361 e. The highest BCUT2D eigenvalue weighted by Gasteiger charge is 2.14. The number of fused-ring (bicyclic) bond motifs is 1. The normalized spacial score (nSPS) is 17.2. The summed E-state index contributed by atoms with van der Waals surface area (Å²) in [6, 6.07) is 5.89. The fourth-order valence-corrected chi connectivity index (χ4v) is 4.38. The summed E-state index contributed by atoms with van der Waals surface area (Å²) in [5, 5.41) is 5.25. The van der Waals surface area contributed by atoms with Crippen LogP contribution in [0.1, 0.15) is 12.8 Å². The number of benzene rings is 1. The molecular formula is C13H15ClN2S2. The smallest absolute Gasteiger partial charge is 0.183 e. The van der Waals surface area contributed by atoms with Gasteiger partial charge in [0.05, 0.1) is 10.2 Å². The summed E-state index contributed by atoms with van der Waals surface area (Å²) < 4.78 is 1.20. The maximum atomic E-state index is 5.97. The van der Waals surface area contributed by atoms with Crippen LogP contribution in [0.5, 0.6) is 0 Å². The lowest BCUT2D eigenvalue weighted by Crippen LogP contribution is -2.18. The van der Waals surface area contributed by atoms with E-state index in [1.165, 1.54) is 29.0 Å². The number of aromatic nitrogens is 1. The van der Waals surface area contributed by atoms with E-state index in [2.05, 4.69) is 22.1 Å². The van der Waals surface area contributed by atoms with Crippen molar-refractivity contribution >= 4 is 50.0 Å². The third-order valence-corrected chi connectivity index (χ3v) is 5.51. The van der Waals surface area contributed by atoms with Crippen LogP contribution in [0.4, 0.5) is 5.13 Å². The van der Waals surface area contributed by atoms with Gasteiger partial charge in [0.2, 0.25) is 0 Å². The van der Waals surface area contributed by atoms with Gasteiger partial charge in [-0.1, -0.05) is 22.9 Å². The highest BCUT2D eigenvalue weighted by molar-refractivity contribution is 7.99. The predicted molar refractivity (Wildman–Crippen MR) is 83.2 cm³/mol. The van der Waals surface area contributed by atoms with Gasteiger partial charge in [-0.15, -0.1) is 0 Å². The number of nitrogens with zero attached hydrogens (tertiary/aromatic N) is 1. The van der Waals surface area contributed by atoms with E-state index in [0.717, 1.165) is 28.1 Å². The number of nitrogens with one attached hydrogen (secondary N) is 1. The van der Waals surface area contributed by atoms with Gasteiger partial charge in [0.1, 0.15) is 0 Å². The van der Waals surface area contributed by atoms with Crippen LogP contribution in [0.25, 0.3) is 10.2 Å². The maximum Gasteiger partial charge on any atom is 0.183 e. The Balaban J connectivity index is 1.67. The van der Waals surface area contributed by atoms with Gasteiger partial charge in [-0.2, -0.15) is 11.8 Å². The summed E-state index contributed by atoms with van der Waals surface area (Å²) in [6.07, 6.45) is 2.66. The van der Waals surface area contributed by atoms with E-state index in [1.54, 1.807) is 11.3 Å². The lowest BCUT2D eigenvalue weighted by molar-refractivity contribution is 0.516. The molecule has 1 aliphatic heterocycles. The number of hydrogen-bond donors (Lipinski definition) is 1. The average molecular weight is 299 g/mol. The number of thiazole rings is 1. The molecule has 0 aliphatic carbocycles. The molecule has 0 atom stereocenters. The Morgan fingerprint density at radius 1 is 1.33 bits per heavy atom. The quantitative estimate of drug-likeness (QED) is 0.903.